The fourth-order valence-corrected chi connectivity index (χ4v) is 3.25. The van der Waals surface area contributed by atoms with Gasteiger partial charge in [0.15, 0.2) is 0 Å². The van der Waals surface area contributed by atoms with E-state index in [1.54, 1.807) is 0 Å². The third-order valence-electron chi connectivity index (χ3n) is 4.46. The number of carboxylic acid groups (broad SMARTS) is 1. The summed E-state index contributed by atoms with van der Waals surface area (Å²) in [5.41, 5.74) is 1.60. The second kappa shape index (κ2) is 5.82. The van der Waals surface area contributed by atoms with Crippen LogP contribution in [0.4, 0.5) is 0 Å². The van der Waals surface area contributed by atoms with Gasteiger partial charge in [-0.1, -0.05) is 72.8 Å². The van der Waals surface area contributed by atoms with Crippen molar-refractivity contribution in [2.75, 3.05) is 0 Å². The van der Waals surface area contributed by atoms with Crippen LogP contribution in [0.15, 0.2) is 84.9 Å². The largest absolute Gasteiger partial charge is 0.481 e. The van der Waals surface area contributed by atoms with Gasteiger partial charge in [0.25, 0.3) is 0 Å². The summed E-state index contributed by atoms with van der Waals surface area (Å²) in [6.07, 6.45) is 0. The lowest BCUT2D eigenvalue weighted by atomic mass is 9.89. The molecule has 0 aliphatic heterocycles. The molecule has 0 saturated heterocycles. The van der Waals surface area contributed by atoms with Crippen molar-refractivity contribution in [2.24, 2.45) is 0 Å². The first-order chi connectivity index (χ1) is 11.7. The minimum atomic E-state index is -0.833. The Morgan fingerprint density at radius 1 is 0.625 bits per heavy atom. The molecule has 24 heavy (non-hydrogen) atoms. The molecule has 0 aromatic heterocycles. The average molecular weight is 312 g/mol. The van der Waals surface area contributed by atoms with Crippen LogP contribution in [0.3, 0.4) is 0 Å². The van der Waals surface area contributed by atoms with Crippen LogP contribution in [0.1, 0.15) is 17.0 Å². The van der Waals surface area contributed by atoms with E-state index in [4.69, 9.17) is 0 Å². The van der Waals surface area contributed by atoms with E-state index in [0.717, 1.165) is 32.7 Å². The summed E-state index contributed by atoms with van der Waals surface area (Å²) in [6.45, 7) is 0. The van der Waals surface area contributed by atoms with Crippen LogP contribution in [0.2, 0.25) is 0 Å². The maximum Gasteiger partial charge on any atom is 0.315 e. The summed E-state index contributed by atoms with van der Waals surface area (Å²) in [6, 6.07) is 27.8. The van der Waals surface area contributed by atoms with Crippen LogP contribution in [0, 0.1) is 0 Å². The van der Waals surface area contributed by atoms with E-state index >= 15 is 0 Å². The quantitative estimate of drug-likeness (QED) is 0.564. The number of carbonyl (C=O) groups is 1. The second-order valence-corrected chi connectivity index (χ2v) is 5.98. The highest BCUT2D eigenvalue weighted by molar-refractivity contribution is 5.89. The Morgan fingerprint density at radius 3 is 1.46 bits per heavy atom. The zero-order chi connectivity index (χ0) is 16.5. The normalized spacial score (nSPS) is 11.2. The van der Waals surface area contributed by atoms with Crippen molar-refractivity contribution < 1.29 is 9.90 Å². The Labute approximate surface area is 140 Å². The maximum atomic E-state index is 12.0. The highest BCUT2D eigenvalue weighted by Gasteiger charge is 2.22. The van der Waals surface area contributed by atoms with E-state index in [0.29, 0.717) is 0 Å². The Morgan fingerprint density at radius 2 is 1.04 bits per heavy atom. The predicted molar refractivity (Wildman–Crippen MR) is 97.4 cm³/mol. The molecular weight excluding hydrogens is 296 g/mol. The number of fused-ring (bicyclic) bond motifs is 2. The second-order valence-electron chi connectivity index (χ2n) is 5.98. The van der Waals surface area contributed by atoms with Gasteiger partial charge in [0, 0.05) is 0 Å². The van der Waals surface area contributed by atoms with E-state index in [-0.39, 0.29) is 0 Å². The molecule has 0 bridgehead atoms. The maximum absolute atomic E-state index is 12.0. The Hall–Kier alpha value is -3.13. The molecule has 0 amide bonds. The molecule has 0 radical (unpaired) electrons. The fourth-order valence-electron chi connectivity index (χ4n) is 3.25. The summed E-state index contributed by atoms with van der Waals surface area (Å²) >= 11 is 0. The van der Waals surface area contributed by atoms with Crippen molar-refractivity contribution in [3.63, 3.8) is 0 Å². The van der Waals surface area contributed by atoms with Gasteiger partial charge in [-0.15, -0.1) is 0 Å². The van der Waals surface area contributed by atoms with Gasteiger partial charge >= 0.3 is 5.97 Å². The molecule has 0 spiro atoms. The minimum absolute atomic E-state index is 0.667. The molecular formula is C22H16O2. The molecule has 0 aliphatic carbocycles. The first kappa shape index (κ1) is 14.5. The molecule has 1 N–H and O–H groups in total. The monoisotopic (exact) mass is 312 g/mol. The topological polar surface area (TPSA) is 37.3 Å². The molecule has 0 atom stereocenters. The van der Waals surface area contributed by atoms with Crippen LogP contribution in [0.5, 0.6) is 0 Å². The van der Waals surface area contributed by atoms with E-state index in [1.807, 2.05) is 84.9 Å². The van der Waals surface area contributed by atoms with Crippen LogP contribution >= 0.6 is 0 Å². The van der Waals surface area contributed by atoms with Crippen molar-refractivity contribution in [2.45, 2.75) is 5.92 Å². The van der Waals surface area contributed by atoms with E-state index in [1.165, 1.54) is 0 Å². The number of benzene rings is 4. The molecule has 0 fully saturated rings. The van der Waals surface area contributed by atoms with Gasteiger partial charge in [-0.05, 0) is 44.8 Å². The van der Waals surface area contributed by atoms with Crippen molar-refractivity contribution in [3.8, 4) is 0 Å². The SMILES string of the molecule is O=C(O)C(c1ccc2ccccc2c1)c1ccc2ccccc2c1. The van der Waals surface area contributed by atoms with Gasteiger partial charge in [-0.2, -0.15) is 0 Å². The smallest absolute Gasteiger partial charge is 0.315 e. The van der Waals surface area contributed by atoms with Crippen molar-refractivity contribution >= 4 is 27.5 Å². The minimum Gasteiger partial charge on any atom is -0.481 e. The first-order valence-electron chi connectivity index (χ1n) is 7.92. The summed E-state index contributed by atoms with van der Waals surface area (Å²) in [4.78, 5) is 12.0. The van der Waals surface area contributed by atoms with Crippen molar-refractivity contribution in [1.29, 1.82) is 0 Å². The van der Waals surface area contributed by atoms with E-state index in [9.17, 15) is 9.90 Å². The Bertz CT molecular complexity index is 970. The molecule has 0 aliphatic rings. The summed E-state index contributed by atoms with van der Waals surface area (Å²) < 4.78 is 0. The van der Waals surface area contributed by atoms with Gasteiger partial charge < -0.3 is 5.11 Å². The predicted octanol–water partition coefficient (Wildman–Crippen LogP) is 5.21. The van der Waals surface area contributed by atoms with Gasteiger partial charge in [-0.25, -0.2) is 0 Å². The van der Waals surface area contributed by atoms with Gasteiger partial charge in [0.2, 0.25) is 0 Å². The number of carboxylic acids is 1. The zero-order valence-corrected chi connectivity index (χ0v) is 13.0. The fraction of sp³-hybridized carbons (Fsp3) is 0.0455. The first-order valence-corrected chi connectivity index (χ1v) is 7.92. The molecule has 0 unspecified atom stereocenters. The lowest BCUT2D eigenvalue weighted by Crippen LogP contribution is -2.13. The number of hydrogen-bond donors (Lipinski definition) is 1. The Kier molecular flexibility index (Phi) is 3.51. The van der Waals surface area contributed by atoms with E-state index < -0.39 is 11.9 Å². The van der Waals surface area contributed by atoms with Gasteiger partial charge in [0.1, 0.15) is 5.92 Å². The summed E-state index contributed by atoms with van der Waals surface area (Å²) in [5.74, 6) is -1.50. The number of rotatable bonds is 3. The van der Waals surface area contributed by atoms with Crippen LogP contribution in [-0.2, 0) is 4.79 Å². The van der Waals surface area contributed by atoms with Crippen molar-refractivity contribution in [1.82, 2.24) is 0 Å². The van der Waals surface area contributed by atoms with Crippen LogP contribution in [-0.4, -0.2) is 11.1 Å². The van der Waals surface area contributed by atoms with Crippen LogP contribution in [0.25, 0.3) is 21.5 Å². The standard InChI is InChI=1S/C22H16O2/c23-22(24)21(19-11-9-15-5-1-3-7-17(15)13-19)20-12-10-16-6-2-4-8-18(16)14-20/h1-14,21H,(H,23,24). The van der Waals surface area contributed by atoms with Gasteiger partial charge in [0.05, 0.1) is 0 Å². The zero-order valence-electron chi connectivity index (χ0n) is 13.0. The molecule has 116 valence electrons. The van der Waals surface area contributed by atoms with Crippen LogP contribution < -0.4 is 0 Å². The number of hydrogen-bond acceptors (Lipinski definition) is 1. The summed E-state index contributed by atoms with van der Waals surface area (Å²) in [5, 5.41) is 14.2. The molecule has 0 heterocycles. The Balaban J connectivity index is 1.86. The molecule has 4 rings (SSSR count). The highest BCUT2D eigenvalue weighted by atomic mass is 16.4. The third kappa shape index (κ3) is 2.52. The lowest BCUT2D eigenvalue weighted by Gasteiger charge is -2.15. The average Bonchev–Trinajstić information content (AvgIpc) is 2.61. The lowest BCUT2D eigenvalue weighted by molar-refractivity contribution is -0.137. The molecule has 2 nitrogen and oxygen atoms in total. The highest BCUT2D eigenvalue weighted by Crippen LogP contribution is 2.30. The molecule has 4 aromatic carbocycles. The summed E-state index contributed by atoms with van der Waals surface area (Å²) in [7, 11) is 0. The van der Waals surface area contributed by atoms with E-state index in [2.05, 4.69) is 0 Å². The number of aliphatic carboxylic acids is 1. The molecule has 2 heteroatoms. The van der Waals surface area contributed by atoms with Crippen molar-refractivity contribution in [3.05, 3.63) is 96.1 Å². The molecule has 4 aromatic rings. The third-order valence-corrected chi connectivity index (χ3v) is 4.46. The van der Waals surface area contributed by atoms with Gasteiger partial charge in [-0.3, -0.25) is 4.79 Å². The molecule has 0 saturated carbocycles.